The quantitative estimate of drug-likeness (QED) is 0.664. The van der Waals surface area contributed by atoms with Crippen molar-refractivity contribution in [3.05, 3.63) is 73.0 Å². The molecule has 0 saturated heterocycles. The molecule has 2 aromatic carbocycles. The molecule has 16 heavy (non-hydrogen) atoms. The molecule has 0 aliphatic rings. The summed E-state index contributed by atoms with van der Waals surface area (Å²) in [4.78, 5) is 0. The summed E-state index contributed by atoms with van der Waals surface area (Å²) in [6.07, 6.45) is 0. The van der Waals surface area contributed by atoms with E-state index < -0.39 is 0 Å². The highest BCUT2D eigenvalue weighted by molar-refractivity contribution is 5.62. The maximum atomic E-state index is 9.33. The van der Waals surface area contributed by atoms with Crippen molar-refractivity contribution in [3.63, 3.8) is 0 Å². The third-order valence-electron chi connectivity index (χ3n) is 1.88. The van der Waals surface area contributed by atoms with Crippen molar-refractivity contribution in [2.45, 2.75) is 6.92 Å². The van der Waals surface area contributed by atoms with Crippen molar-refractivity contribution in [2.75, 3.05) is 0 Å². The minimum Gasteiger partial charge on any atom is -0.876 e. The topological polar surface area (TPSA) is 23.1 Å². The number of hydrogen-bond acceptors (Lipinski definition) is 1. The summed E-state index contributed by atoms with van der Waals surface area (Å²) < 4.78 is 0. The summed E-state index contributed by atoms with van der Waals surface area (Å²) in [7, 11) is 0. The van der Waals surface area contributed by atoms with E-state index in [4.69, 9.17) is 0 Å². The van der Waals surface area contributed by atoms with Crippen LogP contribution in [-0.4, -0.2) is 0 Å². The molecular weight excluding hydrogens is 196 g/mol. The molecule has 0 spiro atoms. The average Bonchev–Trinajstić information content (AvgIpc) is 2.31. The van der Waals surface area contributed by atoms with Crippen LogP contribution in [0.3, 0.4) is 0 Å². The summed E-state index contributed by atoms with van der Waals surface area (Å²) in [5.74, 6) is -0.0833. The lowest BCUT2D eigenvalue weighted by molar-refractivity contribution is -0.300. The first kappa shape index (κ1) is 12.1. The first-order chi connectivity index (χ1) is 7.70. The third-order valence-corrected chi connectivity index (χ3v) is 1.88. The van der Waals surface area contributed by atoms with E-state index in [0.717, 1.165) is 0 Å². The van der Waals surface area contributed by atoms with Gasteiger partial charge in [-0.25, -0.2) is 0 Å². The van der Waals surface area contributed by atoms with Gasteiger partial charge in [-0.05, 0) is 11.1 Å². The fourth-order valence-electron chi connectivity index (χ4n) is 1.26. The van der Waals surface area contributed by atoms with Crippen LogP contribution >= 0.6 is 0 Å². The average molecular weight is 211 g/mol. The molecule has 1 nitrogen and oxygen atoms in total. The van der Waals surface area contributed by atoms with Crippen molar-refractivity contribution in [2.24, 2.45) is 0 Å². The molecule has 82 valence electrons. The Bertz CT molecular complexity index is 376. The summed E-state index contributed by atoms with van der Waals surface area (Å²) in [6, 6.07) is 20.8. The molecule has 0 saturated carbocycles. The van der Waals surface area contributed by atoms with Gasteiger partial charge in [0.05, 0.1) is 0 Å². The van der Waals surface area contributed by atoms with E-state index in [2.05, 4.69) is 55.1 Å². The molecule has 0 amide bonds. The highest BCUT2D eigenvalue weighted by atomic mass is 16.3. The Kier molecular flexibility index (Phi) is 4.87. The largest absolute Gasteiger partial charge is 0.876 e. The van der Waals surface area contributed by atoms with Crippen LogP contribution < -0.4 is 5.11 Å². The van der Waals surface area contributed by atoms with E-state index >= 15 is 0 Å². The van der Waals surface area contributed by atoms with Crippen LogP contribution in [0, 0.1) is 0 Å². The molecule has 0 bridgehead atoms. The molecule has 2 rings (SSSR count). The smallest absolute Gasteiger partial charge is 0.0184 e. The predicted octanol–water partition coefficient (Wildman–Crippen LogP) is 3.23. The zero-order valence-electron chi connectivity index (χ0n) is 9.39. The Hall–Kier alpha value is -2.02. The van der Waals surface area contributed by atoms with E-state index in [9.17, 15) is 5.11 Å². The number of hydrogen-bond donors (Lipinski definition) is 0. The molecule has 0 fully saturated rings. The predicted molar refractivity (Wildman–Crippen MR) is 66.7 cm³/mol. The standard InChI is InChI=1S/C12H10.C3H6O/c1-3-7-11(8-4-1)12-9-5-2-6-10-12;1-3(2)4/h1-10H;4H,1H2,2H3/p-1. The number of benzene rings is 2. The molecular formula is C15H15O-. The number of rotatable bonds is 1. The molecule has 1 heteroatoms. The highest BCUT2D eigenvalue weighted by Crippen LogP contribution is 2.17. The van der Waals surface area contributed by atoms with Gasteiger partial charge in [-0.2, -0.15) is 0 Å². The van der Waals surface area contributed by atoms with E-state index in [0.29, 0.717) is 0 Å². The van der Waals surface area contributed by atoms with E-state index in [1.807, 2.05) is 12.1 Å². The van der Waals surface area contributed by atoms with Gasteiger partial charge < -0.3 is 5.11 Å². The van der Waals surface area contributed by atoms with Gasteiger partial charge in [0.2, 0.25) is 0 Å². The van der Waals surface area contributed by atoms with Crippen molar-refractivity contribution >= 4 is 0 Å². The van der Waals surface area contributed by atoms with Crippen molar-refractivity contribution in [3.8, 4) is 11.1 Å². The molecule has 0 atom stereocenters. The molecule has 2 aromatic rings. The maximum absolute atomic E-state index is 9.33. The second kappa shape index (κ2) is 6.46. The Labute approximate surface area is 96.7 Å². The fraction of sp³-hybridized carbons (Fsp3) is 0.0667. The third kappa shape index (κ3) is 4.47. The van der Waals surface area contributed by atoms with Gasteiger partial charge in [0.15, 0.2) is 0 Å². The van der Waals surface area contributed by atoms with Crippen molar-refractivity contribution in [1.29, 1.82) is 0 Å². The Morgan fingerprint density at radius 1 is 0.812 bits per heavy atom. The van der Waals surface area contributed by atoms with Gasteiger partial charge in [0.1, 0.15) is 0 Å². The molecule has 0 N–H and O–H groups in total. The highest BCUT2D eigenvalue weighted by Gasteiger charge is 1.91. The van der Waals surface area contributed by atoms with Crippen LogP contribution in [0.5, 0.6) is 0 Å². The number of allylic oxidation sites excluding steroid dienone is 1. The first-order valence-electron chi connectivity index (χ1n) is 5.13. The van der Waals surface area contributed by atoms with Gasteiger partial charge in [0, 0.05) is 0 Å². The molecule has 0 aliphatic carbocycles. The van der Waals surface area contributed by atoms with E-state index in [1.165, 1.54) is 18.1 Å². The fourth-order valence-corrected chi connectivity index (χ4v) is 1.26. The Balaban J connectivity index is 0.000000280. The van der Waals surface area contributed by atoms with Crippen molar-refractivity contribution in [1.82, 2.24) is 0 Å². The minimum atomic E-state index is -0.0833. The molecule has 0 aliphatic heterocycles. The van der Waals surface area contributed by atoms with Gasteiger partial charge in [-0.1, -0.05) is 67.6 Å². The van der Waals surface area contributed by atoms with Gasteiger partial charge in [-0.3, -0.25) is 0 Å². The van der Waals surface area contributed by atoms with Crippen LogP contribution in [0.2, 0.25) is 0 Å². The Morgan fingerprint density at radius 3 is 1.31 bits per heavy atom. The lowest BCUT2D eigenvalue weighted by Gasteiger charge is -1.98. The summed E-state index contributed by atoms with van der Waals surface area (Å²) >= 11 is 0. The van der Waals surface area contributed by atoms with Crippen LogP contribution in [0.15, 0.2) is 73.0 Å². The zero-order chi connectivity index (χ0) is 11.8. The van der Waals surface area contributed by atoms with Gasteiger partial charge >= 0.3 is 0 Å². The second-order valence-electron chi connectivity index (χ2n) is 3.43. The second-order valence-corrected chi connectivity index (χ2v) is 3.43. The lowest BCUT2D eigenvalue weighted by Crippen LogP contribution is -1.92. The van der Waals surface area contributed by atoms with Crippen LogP contribution in [-0.2, 0) is 0 Å². The molecule has 0 unspecified atom stereocenters. The monoisotopic (exact) mass is 211 g/mol. The van der Waals surface area contributed by atoms with Gasteiger partial charge in [-0.15, -0.1) is 12.3 Å². The van der Waals surface area contributed by atoms with Crippen LogP contribution in [0.25, 0.3) is 11.1 Å². The summed E-state index contributed by atoms with van der Waals surface area (Å²) in [5, 5.41) is 9.33. The van der Waals surface area contributed by atoms with Gasteiger partial charge in [0.25, 0.3) is 0 Å². The normalized spacial score (nSPS) is 8.81. The molecule has 0 aromatic heterocycles. The van der Waals surface area contributed by atoms with E-state index in [1.54, 1.807) is 0 Å². The molecule has 0 radical (unpaired) electrons. The van der Waals surface area contributed by atoms with Crippen LogP contribution in [0.1, 0.15) is 6.92 Å². The minimum absolute atomic E-state index is 0.0833. The summed E-state index contributed by atoms with van der Waals surface area (Å²) in [6.45, 7) is 4.42. The van der Waals surface area contributed by atoms with Crippen LogP contribution in [0.4, 0.5) is 0 Å². The SMILES string of the molecule is C=C(C)[O-].c1ccc(-c2ccccc2)cc1. The first-order valence-corrected chi connectivity index (χ1v) is 5.13. The maximum Gasteiger partial charge on any atom is -0.0184 e. The lowest BCUT2D eigenvalue weighted by atomic mass is 10.1. The van der Waals surface area contributed by atoms with Crippen molar-refractivity contribution < 1.29 is 5.11 Å². The summed E-state index contributed by atoms with van der Waals surface area (Å²) in [5.41, 5.74) is 2.55. The molecule has 0 heterocycles. The zero-order valence-corrected chi connectivity index (χ0v) is 9.39. The Morgan fingerprint density at radius 2 is 1.06 bits per heavy atom. The van der Waals surface area contributed by atoms with E-state index in [-0.39, 0.29) is 5.76 Å².